The highest BCUT2D eigenvalue weighted by Crippen LogP contribution is 2.22. The molecule has 1 heterocycles. The number of nitrogens with one attached hydrogen (secondary N) is 1. The van der Waals surface area contributed by atoms with Crippen LogP contribution in [0.3, 0.4) is 0 Å². The average Bonchev–Trinajstić information content (AvgIpc) is 2.81. The van der Waals surface area contributed by atoms with Crippen LogP contribution < -0.4 is 5.32 Å². The lowest BCUT2D eigenvalue weighted by atomic mass is 10.0. The van der Waals surface area contributed by atoms with E-state index in [2.05, 4.69) is 5.32 Å². The standard InChI is InChI=1S/C15H24N2O5/c1-9(2)11(13(19)20)16-12(18)10-7-6-8-17(10)14(21)22-15(3,4)5/h10H,6-8H2,1-5H3,(H,16,18)(H,19,20). The van der Waals surface area contributed by atoms with Gasteiger partial charge in [-0.2, -0.15) is 0 Å². The summed E-state index contributed by atoms with van der Waals surface area (Å²) in [6.45, 7) is 8.88. The maximum absolute atomic E-state index is 12.3. The number of amides is 2. The number of aliphatic carboxylic acids is 1. The van der Waals surface area contributed by atoms with E-state index in [0.29, 0.717) is 25.3 Å². The number of carbonyl (C=O) groups is 3. The Kier molecular flexibility index (Phi) is 5.79. The zero-order valence-electron chi connectivity index (χ0n) is 13.7. The molecular weight excluding hydrogens is 288 g/mol. The quantitative estimate of drug-likeness (QED) is 0.824. The second kappa shape index (κ2) is 6.98. The third kappa shape index (κ3) is 4.89. The Morgan fingerprint density at radius 2 is 1.82 bits per heavy atom. The molecule has 22 heavy (non-hydrogen) atoms. The van der Waals surface area contributed by atoms with Crippen molar-refractivity contribution in [2.24, 2.45) is 0 Å². The van der Waals surface area contributed by atoms with Gasteiger partial charge in [0.2, 0.25) is 5.91 Å². The molecule has 0 saturated carbocycles. The van der Waals surface area contributed by atoms with Gasteiger partial charge in [0, 0.05) is 12.5 Å². The van der Waals surface area contributed by atoms with Gasteiger partial charge in [0.1, 0.15) is 11.6 Å². The van der Waals surface area contributed by atoms with Crippen molar-refractivity contribution in [3.05, 3.63) is 12.0 Å². The van der Waals surface area contributed by atoms with Crippen LogP contribution in [-0.4, -0.2) is 46.2 Å². The highest BCUT2D eigenvalue weighted by atomic mass is 16.6. The molecule has 0 spiro atoms. The summed E-state index contributed by atoms with van der Waals surface area (Å²) in [6, 6.07) is -0.857. The van der Waals surface area contributed by atoms with E-state index in [0.717, 1.165) is 0 Å². The predicted octanol–water partition coefficient (Wildman–Crippen LogP) is 1.73. The fraction of sp³-hybridized carbons (Fsp3) is 0.667. The minimum absolute atomic E-state index is 0.152. The second-order valence-corrected chi connectivity index (χ2v) is 6.50. The second-order valence-electron chi connectivity index (χ2n) is 6.50. The minimum atomic E-state index is -1.20. The SMILES string of the molecule is C[C](C)[C](NC(=O)C1CCCN1C(=O)OC(C)(C)C)C(=O)O. The van der Waals surface area contributed by atoms with E-state index in [-0.39, 0.29) is 6.04 Å². The van der Waals surface area contributed by atoms with E-state index < -0.39 is 29.6 Å². The maximum atomic E-state index is 12.3. The van der Waals surface area contributed by atoms with Crippen molar-refractivity contribution in [3.63, 3.8) is 0 Å². The smallest absolute Gasteiger partial charge is 0.410 e. The molecule has 0 bridgehead atoms. The summed E-state index contributed by atoms with van der Waals surface area (Å²) >= 11 is 0. The van der Waals surface area contributed by atoms with Crippen molar-refractivity contribution < 1.29 is 24.2 Å². The molecule has 1 saturated heterocycles. The van der Waals surface area contributed by atoms with E-state index in [1.54, 1.807) is 34.6 Å². The molecule has 2 N–H and O–H groups in total. The summed E-state index contributed by atoms with van der Waals surface area (Å²) in [6.07, 6.45) is 0.606. The Hall–Kier alpha value is -1.79. The largest absolute Gasteiger partial charge is 0.479 e. The molecular formula is C15H24N2O5. The molecule has 2 radical (unpaired) electrons. The van der Waals surface area contributed by atoms with Crippen molar-refractivity contribution in [3.8, 4) is 0 Å². The van der Waals surface area contributed by atoms with Crippen LogP contribution in [-0.2, 0) is 14.3 Å². The van der Waals surface area contributed by atoms with Crippen molar-refractivity contribution >= 4 is 18.0 Å². The Bertz CT molecular complexity index is 442. The number of hydrogen-bond acceptors (Lipinski definition) is 4. The van der Waals surface area contributed by atoms with Gasteiger partial charge in [0.05, 0.1) is 0 Å². The monoisotopic (exact) mass is 312 g/mol. The minimum Gasteiger partial charge on any atom is -0.479 e. The molecule has 1 fully saturated rings. The fourth-order valence-electron chi connectivity index (χ4n) is 2.18. The molecule has 7 heteroatoms. The van der Waals surface area contributed by atoms with E-state index in [1.165, 1.54) is 4.90 Å². The third-order valence-electron chi connectivity index (χ3n) is 3.15. The molecule has 0 aliphatic carbocycles. The number of carbonyl (C=O) groups excluding carboxylic acids is 2. The van der Waals surface area contributed by atoms with Gasteiger partial charge < -0.3 is 15.2 Å². The molecule has 1 aliphatic heterocycles. The lowest BCUT2D eigenvalue weighted by Gasteiger charge is -2.28. The zero-order chi connectivity index (χ0) is 17.1. The van der Waals surface area contributed by atoms with Crippen LogP contribution in [0, 0.1) is 12.0 Å². The first-order valence-corrected chi connectivity index (χ1v) is 7.24. The molecule has 1 atom stereocenters. The Morgan fingerprint density at radius 3 is 2.27 bits per heavy atom. The van der Waals surface area contributed by atoms with E-state index in [1.807, 2.05) is 0 Å². The van der Waals surface area contributed by atoms with Gasteiger partial charge in [-0.25, -0.2) is 9.59 Å². The predicted molar refractivity (Wildman–Crippen MR) is 79.6 cm³/mol. The van der Waals surface area contributed by atoms with Crippen molar-refractivity contribution in [1.82, 2.24) is 10.2 Å². The summed E-state index contributed by atoms with van der Waals surface area (Å²) in [5.41, 5.74) is -0.646. The highest BCUT2D eigenvalue weighted by molar-refractivity contribution is 5.95. The molecule has 0 aromatic rings. The molecule has 7 nitrogen and oxygen atoms in total. The van der Waals surface area contributed by atoms with E-state index in [4.69, 9.17) is 9.84 Å². The summed E-state index contributed by atoms with van der Waals surface area (Å²) in [4.78, 5) is 36.9. The Morgan fingerprint density at radius 1 is 1.23 bits per heavy atom. The number of ether oxygens (including phenoxy) is 1. The van der Waals surface area contributed by atoms with Crippen LogP contribution in [0.2, 0.25) is 0 Å². The number of carboxylic acids is 1. The van der Waals surface area contributed by atoms with Gasteiger partial charge in [-0.1, -0.05) is 13.8 Å². The average molecular weight is 312 g/mol. The molecule has 1 unspecified atom stereocenters. The first-order chi connectivity index (χ1) is 10.0. The normalized spacial score (nSPS) is 18.7. The van der Waals surface area contributed by atoms with Crippen LogP contribution in [0.25, 0.3) is 0 Å². The molecule has 1 rings (SSSR count). The van der Waals surface area contributed by atoms with Crippen LogP contribution in [0.4, 0.5) is 4.79 Å². The van der Waals surface area contributed by atoms with Gasteiger partial charge in [-0.3, -0.25) is 9.69 Å². The Balaban J connectivity index is 2.75. The van der Waals surface area contributed by atoms with Gasteiger partial charge in [-0.05, 0) is 33.6 Å². The maximum Gasteiger partial charge on any atom is 0.410 e. The van der Waals surface area contributed by atoms with Gasteiger partial charge in [0.25, 0.3) is 0 Å². The highest BCUT2D eigenvalue weighted by Gasteiger charge is 2.38. The first-order valence-electron chi connectivity index (χ1n) is 7.24. The molecule has 2 amide bonds. The van der Waals surface area contributed by atoms with E-state index >= 15 is 0 Å². The summed E-state index contributed by atoms with van der Waals surface area (Å²) in [5.74, 6) is -1.21. The number of hydrogen-bond donors (Lipinski definition) is 2. The number of carboxylic acid groups (broad SMARTS) is 1. The summed E-state index contributed by atoms with van der Waals surface area (Å²) < 4.78 is 5.28. The lowest BCUT2D eigenvalue weighted by Crippen LogP contribution is -2.49. The number of rotatable bonds is 4. The van der Waals surface area contributed by atoms with Crippen molar-refractivity contribution in [2.75, 3.05) is 6.54 Å². The van der Waals surface area contributed by atoms with Gasteiger partial charge in [-0.15, -0.1) is 0 Å². The van der Waals surface area contributed by atoms with Crippen LogP contribution >= 0.6 is 0 Å². The van der Waals surface area contributed by atoms with Gasteiger partial charge >= 0.3 is 12.1 Å². The summed E-state index contributed by atoms with van der Waals surface area (Å²) in [7, 11) is 0. The molecule has 124 valence electrons. The van der Waals surface area contributed by atoms with Gasteiger partial charge in [0.15, 0.2) is 6.04 Å². The van der Waals surface area contributed by atoms with Crippen molar-refractivity contribution in [1.29, 1.82) is 0 Å². The number of likely N-dealkylation sites (tertiary alicyclic amines) is 1. The molecule has 0 aromatic carbocycles. The van der Waals surface area contributed by atoms with Crippen LogP contribution in [0.15, 0.2) is 0 Å². The van der Waals surface area contributed by atoms with E-state index in [9.17, 15) is 14.4 Å². The number of nitrogens with zero attached hydrogens (tertiary/aromatic N) is 1. The van der Waals surface area contributed by atoms with Crippen molar-refractivity contribution in [2.45, 2.75) is 59.1 Å². The molecule has 1 aliphatic rings. The molecule has 0 aromatic heterocycles. The van der Waals surface area contributed by atoms with Crippen LogP contribution in [0.5, 0.6) is 0 Å². The lowest BCUT2D eigenvalue weighted by molar-refractivity contribution is -0.137. The fourth-order valence-corrected chi connectivity index (χ4v) is 2.18. The van der Waals surface area contributed by atoms with Crippen LogP contribution in [0.1, 0.15) is 47.5 Å². The zero-order valence-corrected chi connectivity index (χ0v) is 13.7. The topological polar surface area (TPSA) is 95.9 Å². The summed E-state index contributed by atoms with van der Waals surface area (Å²) in [5, 5.41) is 11.5. The Labute approximate surface area is 131 Å². The third-order valence-corrected chi connectivity index (χ3v) is 3.15. The first kappa shape index (κ1) is 18.3.